The van der Waals surface area contributed by atoms with Crippen LogP contribution < -0.4 is 5.43 Å². The van der Waals surface area contributed by atoms with Gasteiger partial charge in [0.2, 0.25) is 5.91 Å². The number of amides is 1. The van der Waals surface area contributed by atoms with Crippen LogP contribution in [0, 0.1) is 46.3 Å². The van der Waals surface area contributed by atoms with Gasteiger partial charge in [0.15, 0.2) is 0 Å². The number of halogens is 1. The number of fused-ring (bicyclic) bond motifs is 5. The topological polar surface area (TPSA) is 102 Å². The Labute approximate surface area is 232 Å². The van der Waals surface area contributed by atoms with Crippen molar-refractivity contribution in [3.05, 3.63) is 34.9 Å². The largest absolute Gasteiger partial charge is 0.393 e. The number of carbonyl (C=O) groups excluding carboxylic acids is 1. The second kappa shape index (κ2) is 10.8. The molecular formula is C31H45ClN2O4. The number of benzene rings is 1. The molecule has 6 nitrogen and oxygen atoms in total. The maximum absolute atomic E-state index is 12.5. The van der Waals surface area contributed by atoms with Gasteiger partial charge in [-0.05, 0) is 115 Å². The van der Waals surface area contributed by atoms with Crippen molar-refractivity contribution in [2.45, 2.75) is 96.9 Å². The Morgan fingerprint density at radius 2 is 1.84 bits per heavy atom. The van der Waals surface area contributed by atoms with Crippen molar-refractivity contribution >= 4 is 23.7 Å². The number of aliphatic hydroxyl groups is 3. The molecule has 0 unspecified atom stereocenters. The molecule has 0 spiro atoms. The van der Waals surface area contributed by atoms with Crippen molar-refractivity contribution in [1.82, 2.24) is 5.43 Å². The molecule has 4 aliphatic rings. The predicted molar refractivity (Wildman–Crippen MR) is 150 cm³/mol. The normalized spacial score (nSPS) is 43.2. The zero-order chi connectivity index (χ0) is 27.2. The minimum Gasteiger partial charge on any atom is -0.393 e. The van der Waals surface area contributed by atoms with E-state index in [1.54, 1.807) is 18.3 Å². The summed E-state index contributed by atoms with van der Waals surface area (Å²) >= 11 is 5.91. The number of carbonyl (C=O) groups is 1. The monoisotopic (exact) mass is 544 g/mol. The van der Waals surface area contributed by atoms with Crippen LogP contribution in [0.1, 0.15) is 84.1 Å². The number of nitrogens with one attached hydrogen (secondary N) is 1. The molecule has 0 bridgehead atoms. The van der Waals surface area contributed by atoms with Gasteiger partial charge in [-0.1, -0.05) is 44.5 Å². The van der Waals surface area contributed by atoms with Crippen LogP contribution in [0.3, 0.4) is 0 Å². The van der Waals surface area contributed by atoms with Crippen LogP contribution in [0.15, 0.2) is 29.4 Å². The lowest BCUT2D eigenvalue weighted by molar-refractivity contribution is -0.207. The summed E-state index contributed by atoms with van der Waals surface area (Å²) in [7, 11) is 0. The summed E-state index contributed by atoms with van der Waals surface area (Å²) in [6, 6.07) is 7.26. The van der Waals surface area contributed by atoms with E-state index >= 15 is 0 Å². The molecule has 210 valence electrons. The maximum Gasteiger partial charge on any atom is 0.240 e. The quantitative estimate of drug-likeness (QED) is 0.293. The van der Waals surface area contributed by atoms with E-state index < -0.39 is 6.10 Å². The van der Waals surface area contributed by atoms with Gasteiger partial charge in [0, 0.05) is 11.4 Å². The minimum absolute atomic E-state index is 0.0831. The molecule has 4 fully saturated rings. The predicted octanol–water partition coefficient (Wildman–Crippen LogP) is 5.17. The van der Waals surface area contributed by atoms with Gasteiger partial charge in [-0.25, -0.2) is 5.43 Å². The van der Waals surface area contributed by atoms with E-state index in [1.165, 1.54) is 0 Å². The number of hydrogen-bond acceptors (Lipinski definition) is 5. The number of rotatable bonds is 6. The highest BCUT2D eigenvalue weighted by atomic mass is 35.5. The summed E-state index contributed by atoms with van der Waals surface area (Å²) < 4.78 is 0. The third kappa shape index (κ3) is 4.95. The fourth-order valence-corrected chi connectivity index (χ4v) is 9.60. The smallest absolute Gasteiger partial charge is 0.240 e. The molecule has 4 aliphatic carbocycles. The van der Waals surface area contributed by atoms with Gasteiger partial charge in [0.05, 0.1) is 24.5 Å². The van der Waals surface area contributed by atoms with Gasteiger partial charge < -0.3 is 15.3 Å². The molecule has 7 heteroatoms. The molecule has 5 rings (SSSR count). The van der Waals surface area contributed by atoms with E-state index in [4.69, 9.17) is 11.6 Å². The van der Waals surface area contributed by atoms with Crippen LogP contribution in [-0.2, 0) is 4.79 Å². The molecule has 0 saturated heterocycles. The van der Waals surface area contributed by atoms with Gasteiger partial charge in [0.1, 0.15) is 0 Å². The lowest BCUT2D eigenvalue weighted by atomic mass is 9.43. The van der Waals surface area contributed by atoms with E-state index in [-0.39, 0.29) is 40.8 Å². The first kappa shape index (κ1) is 28.1. The highest BCUT2D eigenvalue weighted by Crippen LogP contribution is 2.68. The summed E-state index contributed by atoms with van der Waals surface area (Å²) in [4.78, 5) is 12.5. The molecule has 0 heterocycles. The SMILES string of the molecule is C[C@H](CCC(=O)N/N=C/c1ccc(Cl)cc1)[C@H]1CC[C@H]2[C@@H]3[C@H](O)C[C@@H]4C[C@H](O)CC[C@]4(C)[C@H]3C[C@H](O)[C@]12C. The van der Waals surface area contributed by atoms with E-state index in [0.717, 1.165) is 56.9 Å². The Hall–Kier alpha value is -1.47. The van der Waals surface area contributed by atoms with Crippen LogP contribution >= 0.6 is 11.6 Å². The molecule has 4 N–H and O–H groups in total. The van der Waals surface area contributed by atoms with Gasteiger partial charge >= 0.3 is 0 Å². The molecule has 0 aromatic heterocycles. The Morgan fingerprint density at radius 3 is 2.58 bits per heavy atom. The van der Waals surface area contributed by atoms with E-state index in [9.17, 15) is 20.1 Å². The average molecular weight is 545 g/mol. The molecule has 0 aliphatic heterocycles. The first-order chi connectivity index (χ1) is 18.0. The second-order valence-electron chi connectivity index (χ2n) is 13.4. The zero-order valence-corrected chi connectivity index (χ0v) is 23.8. The molecular weight excluding hydrogens is 500 g/mol. The van der Waals surface area contributed by atoms with Crippen molar-refractivity contribution in [2.75, 3.05) is 0 Å². The third-order valence-corrected chi connectivity index (χ3v) is 11.9. The summed E-state index contributed by atoms with van der Waals surface area (Å²) in [6.07, 6.45) is 7.89. The van der Waals surface area contributed by atoms with Crippen LogP contribution in [0.2, 0.25) is 5.02 Å². The van der Waals surface area contributed by atoms with Crippen LogP contribution in [-0.4, -0.2) is 45.8 Å². The lowest BCUT2D eigenvalue weighted by Gasteiger charge is -2.63. The lowest BCUT2D eigenvalue weighted by Crippen LogP contribution is -2.62. The van der Waals surface area contributed by atoms with Gasteiger partial charge in [0.25, 0.3) is 0 Å². The molecule has 1 amide bonds. The standard InChI is InChI=1S/C31H45ClN2O4/c1-18(4-11-28(38)34-33-17-19-5-7-21(32)8-6-19)23-9-10-24-29-25(16-27(37)31(23,24)3)30(2)13-12-22(35)14-20(30)15-26(29)36/h5-8,17-18,20,22-27,29,35-37H,4,9-16H2,1-3H3,(H,34,38)/b33-17+/t18-,20+,22-,23-,24+,25+,26-,27+,29+,30+,31-/m1/s1. The van der Waals surface area contributed by atoms with Gasteiger partial charge in [-0.2, -0.15) is 5.10 Å². The Balaban J connectivity index is 1.22. The highest BCUT2D eigenvalue weighted by molar-refractivity contribution is 6.30. The zero-order valence-electron chi connectivity index (χ0n) is 23.0. The van der Waals surface area contributed by atoms with Gasteiger partial charge in [-0.15, -0.1) is 0 Å². The molecule has 4 saturated carbocycles. The summed E-state index contributed by atoms with van der Waals surface area (Å²) in [6.45, 7) is 6.85. The highest BCUT2D eigenvalue weighted by Gasteiger charge is 2.65. The first-order valence-corrected chi connectivity index (χ1v) is 15.0. The van der Waals surface area contributed by atoms with Crippen molar-refractivity contribution in [1.29, 1.82) is 0 Å². The number of hydrogen-bond donors (Lipinski definition) is 4. The van der Waals surface area contributed by atoms with Crippen LogP contribution in [0.5, 0.6) is 0 Å². The molecule has 11 atom stereocenters. The molecule has 1 aromatic carbocycles. The molecule has 38 heavy (non-hydrogen) atoms. The number of aliphatic hydroxyl groups excluding tert-OH is 3. The summed E-state index contributed by atoms with van der Waals surface area (Å²) in [5, 5.41) is 38.2. The van der Waals surface area contributed by atoms with E-state index in [1.807, 2.05) is 12.1 Å². The Morgan fingerprint density at radius 1 is 1.11 bits per heavy atom. The maximum atomic E-state index is 12.5. The summed E-state index contributed by atoms with van der Waals surface area (Å²) in [5.41, 5.74) is 3.34. The second-order valence-corrected chi connectivity index (χ2v) is 13.8. The summed E-state index contributed by atoms with van der Waals surface area (Å²) in [5.74, 6) is 1.64. The number of hydrazone groups is 1. The molecule has 1 aromatic rings. The van der Waals surface area contributed by atoms with Crippen molar-refractivity contribution < 1.29 is 20.1 Å². The van der Waals surface area contributed by atoms with Crippen molar-refractivity contribution in [3.8, 4) is 0 Å². The van der Waals surface area contributed by atoms with Crippen molar-refractivity contribution in [3.63, 3.8) is 0 Å². The Bertz CT molecular complexity index is 1030. The van der Waals surface area contributed by atoms with E-state index in [2.05, 4.69) is 31.3 Å². The van der Waals surface area contributed by atoms with Crippen LogP contribution in [0.25, 0.3) is 0 Å². The van der Waals surface area contributed by atoms with Gasteiger partial charge in [-0.3, -0.25) is 4.79 Å². The molecule has 0 radical (unpaired) electrons. The average Bonchev–Trinajstić information content (AvgIpc) is 3.24. The number of nitrogens with zero attached hydrogens (tertiary/aromatic N) is 1. The van der Waals surface area contributed by atoms with Crippen molar-refractivity contribution in [2.24, 2.45) is 51.4 Å². The first-order valence-electron chi connectivity index (χ1n) is 14.7. The minimum atomic E-state index is -0.406. The fraction of sp³-hybridized carbons (Fsp3) is 0.742. The van der Waals surface area contributed by atoms with Crippen LogP contribution in [0.4, 0.5) is 0 Å². The van der Waals surface area contributed by atoms with E-state index in [0.29, 0.717) is 35.1 Å². The Kier molecular flexibility index (Phi) is 8.00. The fourth-order valence-electron chi connectivity index (χ4n) is 9.48. The third-order valence-electron chi connectivity index (χ3n) is 11.6.